The second-order valence-corrected chi connectivity index (χ2v) is 5.66. The molecule has 26 heavy (non-hydrogen) atoms. The molecule has 138 valence electrons. The predicted molar refractivity (Wildman–Crippen MR) is 88.2 cm³/mol. The number of carboxylic acids is 1. The van der Waals surface area contributed by atoms with E-state index >= 15 is 0 Å². The van der Waals surface area contributed by atoms with Gasteiger partial charge in [-0.2, -0.15) is 29.6 Å². The van der Waals surface area contributed by atoms with Gasteiger partial charge in [0.05, 0.1) is 6.54 Å². The molecule has 3 N–H and O–H groups in total. The van der Waals surface area contributed by atoms with E-state index in [0.29, 0.717) is 12.4 Å². The molecule has 0 saturated heterocycles. The number of halogens is 3. The second kappa shape index (κ2) is 9.06. The van der Waals surface area contributed by atoms with Gasteiger partial charge in [-0.3, -0.25) is 10.1 Å². The lowest BCUT2D eigenvalue weighted by atomic mass is 10.2. The van der Waals surface area contributed by atoms with E-state index in [1.165, 1.54) is 5.56 Å². The summed E-state index contributed by atoms with van der Waals surface area (Å²) in [6.45, 7) is 1.52. The zero-order valence-electron chi connectivity index (χ0n) is 13.2. The van der Waals surface area contributed by atoms with Crippen molar-refractivity contribution in [1.82, 2.24) is 25.5 Å². The molecule has 0 fully saturated rings. The standard InChI is InChI=1S/C13H13N5S.C2HF3O2/c1-4-14-5-2-11(1)13-16-12(17-18-13)8-15-7-10-3-6-19-9-10;3-2(4,5)1(6)7/h1-6,9,15H,7-8H2,(H,16,17,18);(H,6,7). The second-order valence-electron chi connectivity index (χ2n) is 4.88. The molecule has 0 amide bonds. The molecule has 3 aromatic rings. The first kappa shape index (κ1) is 19.5. The first-order valence-electron chi connectivity index (χ1n) is 7.20. The van der Waals surface area contributed by atoms with E-state index < -0.39 is 12.1 Å². The first-order chi connectivity index (χ1) is 12.4. The van der Waals surface area contributed by atoms with Gasteiger partial charge in [-0.05, 0) is 34.5 Å². The smallest absolute Gasteiger partial charge is 0.475 e. The summed E-state index contributed by atoms with van der Waals surface area (Å²) in [5.41, 5.74) is 2.26. The van der Waals surface area contributed by atoms with Gasteiger partial charge in [-0.1, -0.05) is 0 Å². The molecule has 0 saturated carbocycles. The Morgan fingerprint density at radius 1 is 1.23 bits per heavy atom. The Morgan fingerprint density at radius 3 is 2.50 bits per heavy atom. The summed E-state index contributed by atoms with van der Waals surface area (Å²) < 4.78 is 31.7. The third kappa shape index (κ3) is 6.26. The van der Waals surface area contributed by atoms with Crippen LogP contribution in [-0.4, -0.2) is 37.4 Å². The normalized spacial score (nSPS) is 10.9. The number of hydrogen-bond acceptors (Lipinski definition) is 6. The maximum atomic E-state index is 10.6. The lowest BCUT2D eigenvalue weighted by Crippen LogP contribution is -2.21. The minimum absolute atomic E-state index is 0.675. The Morgan fingerprint density at radius 2 is 1.92 bits per heavy atom. The van der Waals surface area contributed by atoms with E-state index in [4.69, 9.17) is 9.90 Å². The van der Waals surface area contributed by atoms with Crippen molar-refractivity contribution in [1.29, 1.82) is 0 Å². The summed E-state index contributed by atoms with van der Waals surface area (Å²) in [5.74, 6) is -1.22. The highest BCUT2D eigenvalue weighted by molar-refractivity contribution is 7.07. The number of thiophene rings is 1. The minimum Gasteiger partial charge on any atom is -0.475 e. The molecular formula is C15H14F3N5O2S. The number of nitrogens with zero attached hydrogens (tertiary/aromatic N) is 3. The maximum Gasteiger partial charge on any atom is 0.490 e. The van der Waals surface area contributed by atoms with Gasteiger partial charge in [0.1, 0.15) is 5.82 Å². The number of carboxylic acid groups (broad SMARTS) is 1. The summed E-state index contributed by atoms with van der Waals surface area (Å²) in [6, 6.07) is 5.90. The molecule has 0 radical (unpaired) electrons. The Balaban J connectivity index is 0.000000298. The summed E-state index contributed by atoms with van der Waals surface area (Å²) >= 11 is 1.71. The highest BCUT2D eigenvalue weighted by atomic mass is 32.1. The fraction of sp³-hybridized carbons (Fsp3) is 0.200. The van der Waals surface area contributed by atoms with E-state index in [2.05, 4.69) is 42.3 Å². The molecule has 7 nitrogen and oxygen atoms in total. The zero-order valence-corrected chi connectivity index (χ0v) is 14.0. The Labute approximate surface area is 149 Å². The number of aliphatic carboxylic acids is 1. The number of pyridine rings is 1. The number of H-pyrrole nitrogens is 1. The van der Waals surface area contributed by atoms with E-state index in [0.717, 1.165) is 17.9 Å². The molecule has 3 heterocycles. The number of alkyl halides is 3. The van der Waals surface area contributed by atoms with Crippen LogP contribution < -0.4 is 5.32 Å². The van der Waals surface area contributed by atoms with Crippen LogP contribution in [0.1, 0.15) is 11.4 Å². The highest BCUT2D eigenvalue weighted by Gasteiger charge is 2.38. The van der Waals surface area contributed by atoms with E-state index in [1.807, 2.05) is 12.1 Å². The molecular weight excluding hydrogens is 371 g/mol. The van der Waals surface area contributed by atoms with Gasteiger partial charge >= 0.3 is 12.1 Å². The van der Waals surface area contributed by atoms with Crippen LogP contribution in [0, 0.1) is 0 Å². The van der Waals surface area contributed by atoms with Gasteiger partial charge in [0, 0.05) is 24.5 Å². The van der Waals surface area contributed by atoms with Crippen molar-refractivity contribution in [3.8, 4) is 11.4 Å². The van der Waals surface area contributed by atoms with Gasteiger partial charge in [0.25, 0.3) is 0 Å². The molecule has 3 rings (SSSR count). The highest BCUT2D eigenvalue weighted by Crippen LogP contribution is 2.13. The molecule has 0 aliphatic heterocycles. The van der Waals surface area contributed by atoms with E-state index in [-0.39, 0.29) is 0 Å². The van der Waals surface area contributed by atoms with E-state index in [1.54, 1.807) is 23.7 Å². The van der Waals surface area contributed by atoms with Gasteiger partial charge in [-0.15, -0.1) is 0 Å². The van der Waals surface area contributed by atoms with Crippen LogP contribution in [0.4, 0.5) is 13.2 Å². The quantitative estimate of drug-likeness (QED) is 0.624. The van der Waals surface area contributed by atoms with Crippen molar-refractivity contribution in [3.05, 3.63) is 52.7 Å². The molecule has 0 spiro atoms. The Kier molecular flexibility index (Phi) is 6.81. The number of rotatable bonds is 5. The van der Waals surface area contributed by atoms with Crippen molar-refractivity contribution in [2.24, 2.45) is 0 Å². The van der Waals surface area contributed by atoms with Crippen molar-refractivity contribution in [3.63, 3.8) is 0 Å². The van der Waals surface area contributed by atoms with Crippen LogP contribution in [0.15, 0.2) is 41.4 Å². The van der Waals surface area contributed by atoms with Gasteiger partial charge < -0.3 is 10.4 Å². The van der Waals surface area contributed by atoms with Crippen molar-refractivity contribution in [2.45, 2.75) is 19.3 Å². The molecule has 0 aliphatic rings. The first-order valence-corrected chi connectivity index (χ1v) is 8.14. The number of hydrogen-bond donors (Lipinski definition) is 3. The van der Waals surface area contributed by atoms with Crippen LogP contribution in [0.5, 0.6) is 0 Å². The summed E-state index contributed by atoms with van der Waals surface area (Å²) in [4.78, 5) is 17.3. The zero-order chi connectivity index (χ0) is 19.0. The van der Waals surface area contributed by atoms with E-state index in [9.17, 15) is 13.2 Å². The van der Waals surface area contributed by atoms with Gasteiger partial charge in [0.2, 0.25) is 0 Å². The number of carbonyl (C=O) groups is 1. The SMILES string of the molecule is O=C(O)C(F)(F)F.c1cc(-c2n[nH]c(CNCc3ccsc3)n2)ccn1. The molecule has 0 aliphatic carbocycles. The number of aromatic nitrogens is 4. The summed E-state index contributed by atoms with van der Waals surface area (Å²) in [6.07, 6.45) is -1.61. The fourth-order valence-corrected chi connectivity index (χ4v) is 2.39. The maximum absolute atomic E-state index is 10.6. The molecule has 0 bridgehead atoms. The lowest BCUT2D eigenvalue weighted by molar-refractivity contribution is -0.192. The largest absolute Gasteiger partial charge is 0.490 e. The lowest BCUT2D eigenvalue weighted by Gasteiger charge is -1.99. The molecule has 0 atom stereocenters. The molecule has 3 aromatic heterocycles. The molecule has 0 aromatic carbocycles. The average Bonchev–Trinajstić information content (AvgIpc) is 3.27. The number of nitrogens with one attached hydrogen (secondary N) is 2. The number of aromatic amines is 1. The fourth-order valence-electron chi connectivity index (χ4n) is 1.72. The monoisotopic (exact) mass is 385 g/mol. The minimum atomic E-state index is -5.08. The Hall–Kier alpha value is -2.79. The van der Waals surface area contributed by atoms with Crippen LogP contribution in [0.2, 0.25) is 0 Å². The summed E-state index contributed by atoms with van der Waals surface area (Å²) in [7, 11) is 0. The van der Waals surface area contributed by atoms with Gasteiger partial charge in [0.15, 0.2) is 5.82 Å². The topological polar surface area (TPSA) is 104 Å². The van der Waals surface area contributed by atoms with Crippen molar-refractivity contribution < 1.29 is 23.1 Å². The van der Waals surface area contributed by atoms with Crippen LogP contribution >= 0.6 is 11.3 Å². The summed E-state index contributed by atoms with van der Waals surface area (Å²) in [5, 5.41) is 21.8. The average molecular weight is 385 g/mol. The third-order valence-corrected chi connectivity index (χ3v) is 3.65. The van der Waals surface area contributed by atoms with Crippen LogP contribution in [0.25, 0.3) is 11.4 Å². The molecule has 0 unspecified atom stereocenters. The van der Waals surface area contributed by atoms with Crippen LogP contribution in [-0.2, 0) is 17.9 Å². The predicted octanol–water partition coefficient (Wildman–Crippen LogP) is 2.85. The van der Waals surface area contributed by atoms with Crippen LogP contribution in [0.3, 0.4) is 0 Å². The van der Waals surface area contributed by atoms with Crippen molar-refractivity contribution in [2.75, 3.05) is 0 Å². The third-order valence-electron chi connectivity index (χ3n) is 2.91. The van der Waals surface area contributed by atoms with Crippen molar-refractivity contribution >= 4 is 17.3 Å². The Bertz CT molecular complexity index is 806. The molecule has 11 heteroatoms. The van der Waals surface area contributed by atoms with Gasteiger partial charge in [-0.25, -0.2) is 9.78 Å².